The van der Waals surface area contributed by atoms with E-state index < -0.39 is 0 Å². The summed E-state index contributed by atoms with van der Waals surface area (Å²) in [7, 11) is 3.39. The van der Waals surface area contributed by atoms with Crippen LogP contribution < -0.4 is 9.47 Å². The number of ether oxygens (including phenoxy) is 3. The van der Waals surface area contributed by atoms with E-state index in [2.05, 4.69) is 20.1 Å². The summed E-state index contributed by atoms with van der Waals surface area (Å²) in [4.78, 5) is 7.04. The standard InChI is InChI=1S/C18H26N4O3/c1-23-11-10-22-8-6-14(7-9-22)18-19-17(20-21-18)13-25-16-5-3-4-15(12-16)24-2/h3-5,12,14H,6-11,13H2,1-2H3,(H,19,20,21). The molecular weight excluding hydrogens is 320 g/mol. The average molecular weight is 346 g/mol. The lowest BCUT2D eigenvalue weighted by molar-refractivity contribution is 0.129. The molecule has 7 nitrogen and oxygen atoms in total. The Morgan fingerprint density at radius 2 is 2.00 bits per heavy atom. The highest BCUT2D eigenvalue weighted by molar-refractivity contribution is 5.32. The monoisotopic (exact) mass is 346 g/mol. The number of nitrogens with one attached hydrogen (secondary N) is 1. The first kappa shape index (κ1) is 17.7. The van der Waals surface area contributed by atoms with Crippen LogP contribution in [0.15, 0.2) is 24.3 Å². The second-order valence-corrected chi connectivity index (χ2v) is 6.22. The summed E-state index contributed by atoms with van der Waals surface area (Å²) >= 11 is 0. The van der Waals surface area contributed by atoms with Gasteiger partial charge in [0.05, 0.1) is 13.7 Å². The first-order valence-electron chi connectivity index (χ1n) is 8.68. The van der Waals surface area contributed by atoms with Crippen LogP contribution in [0.4, 0.5) is 0 Å². The highest BCUT2D eigenvalue weighted by atomic mass is 16.5. The molecule has 1 saturated heterocycles. The minimum absolute atomic E-state index is 0.368. The Labute approximate surface area is 148 Å². The van der Waals surface area contributed by atoms with Crippen LogP contribution in [0, 0.1) is 0 Å². The van der Waals surface area contributed by atoms with E-state index in [1.165, 1.54) is 0 Å². The van der Waals surface area contributed by atoms with Crippen LogP contribution in [0.25, 0.3) is 0 Å². The Morgan fingerprint density at radius 1 is 1.20 bits per heavy atom. The second-order valence-electron chi connectivity index (χ2n) is 6.22. The number of nitrogens with zero attached hydrogens (tertiary/aromatic N) is 3. The van der Waals surface area contributed by atoms with Crippen LogP contribution >= 0.6 is 0 Å². The summed E-state index contributed by atoms with van der Waals surface area (Å²) in [5.41, 5.74) is 0. The van der Waals surface area contributed by atoms with Gasteiger partial charge in [-0.25, -0.2) is 4.98 Å². The van der Waals surface area contributed by atoms with Crippen LogP contribution in [0.5, 0.6) is 11.5 Å². The minimum Gasteiger partial charge on any atom is -0.497 e. The largest absolute Gasteiger partial charge is 0.497 e. The molecule has 2 aromatic rings. The molecule has 0 amide bonds. The van der Waals surface area contributed by atoms with Crippen molar-refractivity contribution >= 4 is 0 Å². The predicted octanol–water partition coefficient (Wildman–Crippen LogP) is 2.22. The van der Waals surface area contributed by atoms with Gasteiger partial charge in [-0.3, -0.25) is 5.10 Å². The number of aromatic nitrogens is 3. The molecule has 136 valence electrons. The fourth-order valence-electron chi connectivity index (χ4n) is 3.04. The van der Waals surface area contributed by atoms with Crippen LogP contribution in [-0.4, -0.2) is 60.5 Å². The first-order valence-corrected chi connectivity index (χ1v) is 8.68. The van der Waals surface area contributed by atoms with Gasteiger partial charge in [0.15, 0.2) is 11.6 Å². The highest BCUT2D eigenvalue weighted by Crippen LogP contribution is 2.25. The maximum absolute atomic E-state index is 5.76. The maximum Gasteiger partial charge on any atom is 0.162 e. The van der Waals surface area contributed by atoms with E-state index in [1.807, 2.05) is 24.3 Å². The summed E-state index contributed by atoms with van der Waals surface area (Å²) in [6.45, 7) is 4.29. The van der Waals surface area contributed by atoms with Gasteiger partial charge in [0.25, 0.3) is 0 Å². The van der Waals surface area contributed by atoms with E-state index in [0.717, 1.165) is 62.2 Å². The number of H-pyrrole nitrogens is 1. The molecule has 0 spiro atoms. The fraction of sp³-hybridized carbons (Fsp3) is 0.556. The summed E-state index contributed by atoms with van der Waals surface area (Å²) in [5.74, 6) is 3.59. The first-order chi connectivity index (χ1) is 12.3. The normalized spacial score (nSPS) is 16.1. The van der Waals surface area contributed by atoms with Crippen molar-refractivity contribution in [2.75, 3.05) is 40.5 Å². The minimum atomic E-state index is 0.368. The number of likely N-dealkylation sites (tertiary alicyclic amines) is 1. The number of piperidine rings is 1. The highest BCUT2D eigenvalue weighted by Gasteiger charge is 2.23. The molecule has 1 N–H and O–H groups in total. The molecule has 3 rings (SSSR count). The van der Waals surface area contributed by atoms with Crippen LogP contribution in [0.3, 0.4) is 0 Å². The van der Waals surface area contributed by atoms with Gasteiger partial charge in [0.1, 0.15) is 18.1 Å². The Kier molecular flexibility index (Phi) is 6.25. The van der Waals surface area contributed by atoms with E-state index in [4.69, 9.17) is 14.2 Å². The molecule has 0 atom stereocenters. The zero-order chi connectivity index (χ0) is 17.5. The molecular formula is C18H26N4O3. The van der Waals surface area contributed by atoms with Crippen LogP contribution in [-0.2, 0) is 11.3 Å². The Hall–Kier alpha value is -2.12. The van der Waals surface area contributed by atoms with E-state index in [-0.39, 0.29) is 0 Å². The molecule has 2 heterocycles. The molecule has 0 radical (unpaired) electrons. The topological polar surface area (TPSA) is 72.5 Å². The molecule has 0 saturated carbocycles. The molecule has 1 aliphatic heterocycles. The van der Waals surface area contributed by atoms with E-state index in [0.29, 0.717) is 12.5 Å². The van der Waals surface area contributed by atoms with Crippen LogP contribution in [0.1, 0.15) is 30.4 Å². The molecule has 1 aromatic carbocycles. The number of hydrogen-bond acceptors (Lipinski definition) is 6. The maximum atomic E-state index is 5.76. The Balaban J connectivity index is 1.49. The van der Waals surface area contributed by atoms with Gasteiger partial charge in [-0.1, -0.05) is 6.07 Å². The number of hydrogen-bond donors (Lipinski definition) is 1. The molecule has 1 aliphatic rings. The van der Waals surface area contributed by atoms with Crippen molar-refractivity contribution in [2.24, 2.45) is 0 Å². The fourth-order valence-corrected chi connectivity index (χ4v) is 3.04. The molecule has 0 unspecified atom stereocenters. The summed E-state index contributed by atoms with van der Waals surface area (Å²) in [6.07, 6.45) is 2.16. The van der Waals surface area contributed by atoms with E-state index in [1.54, 1.807) is 14.2 Å². The summed E-state index contributed by atoms with van der Waals surface area (Å²) < 4.78 is 16.1. The third kappa shape index (κ3) is 4.93. The lowest BCUT2D eigenvalue weighted by atomic mass is 9.96. The van der Waals surface area contributed by atoms with Crippen molar-refractivity contribution in [1.29, 1.82) is 0 Å². The third-order valence-electron chi connectivity index (χ3n) is 4.53. The molecule has 1 fully saturated rings. The van der Waals surface area contributed by atoms with E-state index in [9.17, 15) is 0 Å². The molecule has 1 aromatic heterocycles. The van der Waals surface area contributed by atoms with E-state index >= 15 is 0 Å². The average Bonchev–Trinajstić information content (AvgIpc) is 3.14. The van der Waals surface area contributed by atoms with Crippen LogP contribution in [0.2, 0.25) is 0 Å². The second kappa shape index (κ2) is 8.82. The lowest BCUT2D eigenvalue weighted by Gasteiger charge is -2.30. The van der Waals surface area contributed by atoms with Crippen molar-refractivity contribution in [3.05, 3.63) is 35.9 Å². The van der Waals surface area contributed by atoms with Gasteiger partial charge in [-0.05, 0) is 38.1 Å². The third-order valence-corrected chi connectivity index (χ3v) is 4.53. The summed E-state index contributed by atoms with van der Waals surface area (Å²) in [6, 6.07) is 7.54. The molecule has 25 heavy (non-hydrogen) atoms. The smallest absolute Gasteiger partial charge is 0.162 e. The van der Waals surface area contributed by atoms with Gasteiger partial charge < -0.3 is 19.1 Å². The van der Waals surface area contributed by atoms with Gasteiger partial charge in [0.2, 0.25) is 0 Å². The van der Waals surface area contributed by atoms with Gasteiger partial charge in [-0.2, -0.15) is 5.10 Å². The van der Waals surface area contributed by atoms with Crippen molar-refractivity contribution in [3.63, 3.8) is 0 Å². The number of benzene rings is 1. The molecule has 0 aliphatic carbocycles. The quantitative estimate of drug-likeness (QED) is 0.790. The number of rotatable bonds is 8. The zero-order valence-electron chi connectivity index (χ0n) is 14.9. The Morgan fingerprint density at radius 3 is 2.76 bits per heavy atom. The molecule has 0 bridgehead atoms. The molecule has 7 heteroatoms. The SMILES string of the molecule is COCCN1CCC(c2n[nH]c(COc3cccc(OC)c3)n2)CC1. The number of methoxy groups -OCH3 is 2. The Bertz CT molecular complexity index is 653. The van der Waals surface area contributed by atoms with Gasteiger partial charge in [-0.15, -0.1) is 0 Å². The van der Waals surface area contributed by atoms with Crippen molar-refractivity contribution < 1.29 is 14.2 Å². The van der Waals surface area contributed by atoms with Crippen molar-refractivity contribution in [3.8, 4) is 11.5 Å². The number of aromatic amines is 1. The van der Waals surface area contributed by atoms with Crippen molar-refractivity contribution in [2.45, 2.75) is 25.4 Å². The van der Waals surface area contributed by atoms with Crippen molar-refractivity contribution in [1.82, 2.24) is 20.1 Å². The predicted molar refractivity (Wildman–Crippen MR) is 94.0 cm³/mol. The van der Waals surface area contributed by atoms with Gasteiger partial charge in [0, 0.05) is 25.6 Å². The summed E-state index contributed by atoms with van der Waals surface area (Å²) in [5, 5.41) is 7.39. The van der Waals surface area contributed by atoms with Gasteiger partial charge >= 0.3 is 0 Å². The zero-order valence-corrected chi connectivity index (χ0v) is 14.9. The lowest BCUT2D eigenvalue weighted by Crippen LogP contribution is -2.35.